The molecule has 4 N–H and O–H groups in total. The molecular formula is C13H15N3O. The third-order valence-electron chi connectivity index (χ3n) is 2.45. The zero-order chi connectivity index (χ0) is 12.1. The predicted octanol–water partition coefficient (Wildman–Crippen LogP) is 1.37. The van der Waals surface area contributed by atoms with Crippen LogP contribution in [-0.2, 0) is 0 Å². The zero-order valence-corrected chi connectivity index (χ0v) is 9.44. The molecule has 0 aliphatic carbocycles. The Morgan fingerprint density at radius 2 is 1.94 bits per heavy atom. The van der Waals surface area contributed by atoms with Crippen LogP contribution in [0.2, 0.25) is 0 Å². The number of amides is 1. The van der Waals surface area contributed by atoms with Crippen molar-refractivity contribution in [3.05, 3.63) is 48.2 Å². The van der Waals surface area contributed by atoms with Crippen LogP contribution >= 0.6 is 0 Å². The molecule has 2 aromatic rings. The fraction of sp³-hybridized carbons (Fsp3) is 0.154. The second-order valence-corrected chi connectivity index (χ2v) is 3.70. The van der Waals surface area contributed by atoms with E-state index in [4.69, 9.17) is 5.73 Å². The second-order valence-electron chi connectivity index (χ2n) is 3.70. The van der Waals surface area contributed by atoms with Crippen molar-refractivity contribution in [3.63, 3.8) is 0 Å². The summed E-state index contributed by atoms with van der Waals surface area (Å²) in [6, 6.07) is 13.5. The number of carbonyl (C=O) groups is 1. The average Bonchev–Trinajstić information content (AvgIpc) is 2.86. The van der Waals surface area contributed by atoms with Gasteiger partial charge in [0.15, 0.2) is 0 Å². The molecule has 0 fully saturated rings. The Morgan fingerprint density at radius 3 is 2.65 bits per heavy atom. The van der Waals surface area contributed by atoms with Gasteiger partial charge in [-0.15, -0.1) is 0 Å². The van der Waals surface area contributed by atoms with E-state index in [1.165, 1.54) is 0 Å². The number of nitrogens with one attached hydrogen (secondary N) is 2. The zero-order valence-electron chi connectivity index (χ0n) is 9.44. The molecule has 4 heteroatoms. The molecule has 0 radical (unpaired) electrons. The standard InChI is InChI=1S/C13H15N3O/c14-8-9-15-13(17)12-7-6-11(16-12)10-4-2-1-3-5-10/h1-7,16H,8-9,14H2,(H,15,17). The minimum absolute atomic E-state index is 0.127. The average molecular weight is 229 g/mol. The maximum absolute atomic E-state index is 11.7. The fourth-order valence-electron chi connectivity index (χ4n) is 1.59. The molecular weight excluding hydrogens is 214 g/mol. The van der Waals surface area contributed by atoms with E-state index in [1.807, 2.05) is 36.4 Å². The van der Waals surface area contributed by atoms with Crippen molar-refractivity contribution in [2.45, 2.75) is 0 Å². The summed E-state index contributed by atoms with van der Waals surface area (Å²) in [4.78, 5) is 14.7. The van der Waals surface area contributed by atoms with E-state index in [0.717, 1.165) is 11.3 Å². The molecule has 0 saturated heterocycles. The van der Waals surface area contributed by atoms with Gasteiger partial charge in [-0.25, -0.2) is 0 Å². The highest BCUT2D eigenvalue weighted by Crippen LogP contribution is 2.17. The monoisotopic (exact) mass is 229 g/mol. The van der Waals surface area contributed by atoms with E-state index < -0.39 is 0 Å². The molecule has 0 atom stereocenters. The third-order valence-corrected chi connectivity index (χ3v) is 2.45. The molecule has 1 amide bonds. The Hall–Kier alpha value is -2.07. The predicted molar refractivity (Wildman–Crippen MR) is 67.6 cm³/mol. The van der Waals surface area contributed by atoms with E-state index in [-0.39, 0.29) is 5.91 Å². The van der Waals surface area contributed by atoms with Crippen molar-refractivity contribution in [1.82, 2.24) is 10.3 Å². The van der Waals surface area contributed by atoms with Gasteiger partial charge < -0.3 is 16.0 Å². The summed E-state index contributed by atoms with van der Waals surface area (Å²) >= 11 is 0. The SMILES string of the molecule is NCCNC(=O)c1ccc(-c2ccccc2)[nH]1. The first-order chi connectivity index (χ1) is 8.31. The Labute approximate surface area is 99.8 Å². The lowest BCUT2D eigenvalue weighted by Gasteiger charge is -2.01. The van der Waals surface area contributed by atoms with Gasteiger partial charge in [-0.3, -0.25) is 4.79 Å². The van der Waals surface area contributed by atoms with Crippen LogP contribution in [0, 0.1) is 0 Å². The molecule has 0 aliphatic heterocycles. The summed E-state index contributed by atoms with van der Waals surface area (Å²) < 4.78 is 0. The molecule has 1 aromatic carbocycles. The van der Waals surface area contributed by atoms with Crippen LogP contribution in [0.4, 0.5) is 0 Å². The van der Waals surface area contributed by atoms with Gasteiger partial charge in [-0.05, 0) is 17.7 Å². The molecule has 0 spiro atoms. The summed E-state index contributed by atoms with van der Waals surface area (Å²) in [5, 5.41) is 2.72. The topological polar surface area (TPSA) is 70.9 Å². The van der Waals surface area contributed by atoms with Crippen molar-refractivity contribution in [2.24, 2.45) is 5.73 Å². The van der Waals surface area contributed by atoms with Gasteiger partial charge in [-0.1, -0.05) is 30.3 Å². The lowest BCUT2D eigenvalue weighted by atomic mass is 10.2. The highest BCUT2D eigenvalue weighted by atomic mass is 16.1. The maximum Gasteiger partial charge on any atom is 0.267 e. The fourth-order valence-corrected chi connectivity index (χ4v) is 1.59. The first-order valence-electron chi connectivity index (χ1n) is 5.54. The number of H-pyrrole nitrogens is 1. The van der Waals surface area contributed by atoms with Gasteiger partial charge in [0.05, 0.1) is 0 Å². The van der Waals surface area contributed by atoms with Crippen LogP contribution in [-0.4, -0.2) is 24.0 Å². The van der Waals surface area contributed by atoms with Crippen LogP contribution in [0.5, 0.6) is 0 Å². The normalized spacial score (nSPS) is 10.2. The first-order valence-corrected chi connectivity index (χ1v) is 5.54. The van der Waals surface area contributed by atoms with Crippen LogP contribution in [0.3, 0.4) is 0 Å². The minimum atomic E-state index is -0.127. The van der Waals surface area contributed by atoms with Gasteiger partial charge in [0, 0.05) is 18.8 Å². The lowest BCUT2D eigenvalue weighted by molar-refractivity contribution is 0.0950. The van der Waals surface area contributed by atoms with Gasteiger partial charge in [0.25, 0.3) is 5.91 Å². The molecule has 1 heterocycles. The summed E-state index contributed by atoms with van der Waals surface area (Å²) in [6.07, 6.45) is 0. The molecule has 4 nitrogen and oxygen atoms in total. The summed E-state index contributed by atoms with van der Waals surface area (Å²) in [7, 11) is 0. The molecule has 2 rings (SSSR count). The van der Waals surface area contributed by atoms with Gasteiger partial charge in [0.2, 0.25) is 0 Å². The first kappa shape index (κ1) is 11.4. The minimum Gasteiger partial charge on any atom is -0.351 e. The number of benzene rings is 1. The number of aromatic nitrogens is 1. The van der Waals surface area contributed by atoms with Gasteiger partial charge >= 0.3 is 0 Å². The summed E-state index contributed by atoms with van der Waals surface area (Å²) in [5.74, 6) is -0.127. The number of nitrogens with two attached hydrogens (primary N) is 1. The number of hydrogen-bond acceptors (Lipinski definition) is 2. The molecule has 0 bridgehead atoms. The highest BCUT2D eigenvalue weighted by molar-refractivity contribution is 5.93. The van der Waals surface area contributed by atoms with Gasteiger partial charge in [0.1, 0.15) is 5.69 Å². The maximum atomic E-state index is 11.7. The van der Waals surface area contributed by atoms with Crippen molar-refractivity contribution in [3.8, 4) is 11.3 Å². The van der Waals surface area contributed by atoms with Crippen LogP contribution in [0.25, 0.3) is 11.3 Å². The van der Waals surface area contributed by atoms with Gasteiger partial charge in [-0.2, -0.15) is 0 Å². The van der Waals surface area contributed by atoms with E-state index >= 15 is 0 Å². The Balaban J connectivity index is 2.14. The third kappa shape index (κ3) is 2.73. The second kappa shape index (κ2) is 5.32. The number of carbonyl (C=O) groups excluding carboxylic acids is 1. The molecule has 0 aliphatic rings. The highest BCUT2D eigenvalue weighted by Gasteiger charge is 2.07. The van der Waals surface area contributed by atoms with E-state index in [9.17, 15) is 4.79 Å². The molecule has 0 saturated carbocycles. The Bertz CT molecular complexity index is 490. The van der Waals surface area contributed by atoms with Crippen molar-refractivity contribution < 1.29 is 4.79 Å². The Morgan fingerprint density at radius 1 is 1.18 bits per heavy atom. The molecule has 17 heavy (non-hydrogen) atoms. The summed E-state index contributed by atoms with van der Waals surface area (Å²) in [6.45, 7) is 0.927. The molecule has 0 unspecified atom stereocenters. The van der Waals surface area contributed by atoms with E-state index in [1.54, 1.807) is 6.07 Å². The van der Waals surface area contributed by atoms with Crippen molar-refractivity contribution >= 4 is 5.91 Å². The van der Waals surface area contributed by atoms with E-state index in [0.29, 0.717) is 18.8 Å². The largest absolute Gasteiger partial charge is 0.351 e. The smallest absolute Gasteiger partial charge is 0.267 e. The molecule has 1 aromatic heterocycles. The van der Waals surface area contributed by atoms with Crippen molar-refractivity contribution in [1.29, 1.82) is 0 Å². The lowest BCUT2D eigenvalue weighted by Crippen LogP contribution is -2.29. The quantitative estimate of drug-likeness (QED) is 0.741. The Kier molecular flexibility index (Phi) is 3.57. The van der Waals surface area contributed by atoms with Crippen molar-refractivity contribution in [2.75, 3.05) is 13.1 Å². The number of aromatic amines is 1. The van der Waals surface area contributed by atoms with Crippen LogP contribution < -0.4 is 11.1 Å². The van der Waals surface area contributed by atoms with E-state index in [2.05, 4.69) is 10.3 Å². The number of rotatable bonds is 4. The molecule has 88 valence electrons. The van der Waals surface area contributed by atoms with Crippen LogP contribution in [0.15, 0.2) is 42.5 Å². The number of hydrogen-bond donors (Lipinski definition) is 3. The van der Waals surface area contributed by atoms with Crippen LogP contribution in [0.1, 0.15) is 10.5 Å². The summed E-state index contributed by atoms with van der Waals surface area (Å²) in [5.41, 5.74) is 7.87.